The Bertz CT molecular complexity index is 600. The molecule has 0 fully saturated rings. The highest BCUT2D eigenvalue weighted by atomic mass is 19.1. The van der Waals surface area contributed by atoms with Crippen LogP contribution in [0, 0.1) is 17.1 Å². The van der Waals surface area contributed by atoms with Crippen LogP contribution in [0.1, 0.15) is 21.7 Å². The van der Waals surface area contributed by atoms with Crippen molar-refractivity contribution in [3.63, 3.8) is 0 Å². The maximum Gasteiger partial charge on any atom is 0.254 e. The zero-order valence-electron chi connectivity index (χ0n) is 9.31. The summed E-state index contributed by atoms with van der Waals surface area (Å²) in [5, 5.41) is 11.1. The molecule has 1 aromatic heterocycles. The van der Waals surface area contributed by atoms with Gasteiger partial charge in [0.2, 0.25) is 0 Å². The molecular formula is C13H9FN2O2. The summed E-state index contributed by atoms with van der Waals surface area (Å²) in [5.41, 5.74) is 0.0793. The van der Waals surface area contributed by atoms with Gasteiger partial charge in [-0.1, -0.05) is 0 Å². The van der Waals surface area contributed by atoms with E-state index in [1.807, 2.05) is 0 Å². The number of nitrogens with zero attached hydrogens (tertiary/aromatic N) is 1. The van der Waals surface area contributed by atoms with Crippen molar-refractivity contribution in [2.45, 2.75) is 6.54 Å². The van der Waals surface area contributed by atoms with Gasteiger partial charge in [-0.3, -0.25) is 4.79 Å². The van der Waals surface area contributed by atoms with E-state index in [1.54, 1.807) is 18.2 Å². The Morgan fingerprint density at radius 3 is 2.89 bits per heavy atom. The molecule has 1 N–H and O–H groups in total. The van der Waals surface area contributed by atoms with Crippen LogP contribution in [-0.2, 0) is 6.54 Å². The molecule has 2 rings (SSSR count). The van der Waals surface area contributed by atoms with Crippen LogP contribution >= 0.6 is 0 Å². The molecule has 0 aliphatic heterocycles. The average Bonchev–Trinajstić information content (AvgIpc) is 2.88. The number of rotatable bonds is 3. The van der Waals surface area contributed by atoms with Crippen molar-refractivity contribution in [1.82, 2.24) is 5.32 Å². The summed E-state index contributed by atoms with van der Waals surface area (Å²) in [5.74, 6) is -0.684. The summed E-state index contributed by atoms with van der Waals surface area (Å²) >= 11 is 0. The van der Waals surface area contributed by atoms with Crippen LogP contribution in [0.4, 0.5) is 4.39 Å². The number of nitriles is 1. The summed E-state index contributed by atoms with van der Waals surface area (Å²) in [6.45, 7) is 0.186. The molecule has 0 atom stereocenters. The Labute approximate surface area is 103 Å². The van der Waals surface area contributed by atoms with E-state index >= 15 is 0 Å². The fourth-order valence-corrected chi connectivity index (χ4v) is 1.44. The van der Waals surface area contributed by atoms with Crippen LogP contribution in [0.3, 0.4) is 0 Å². The largest absolute Gasteiger partial charge is 0.467 e. The number of benzene rings is 1. The van der Waals surface area contributed by atoms with E-state index in [2.05, 4.69) is 5.32 Å². The molecule has 5 heteroatoms. The van der Waals surface area contributed by atoms with E-state index < -0.39 is 11.7 Å². The normalized spacial score (nSPS) is 9.78. The molecule has 0 bridgehead atoms. The van der Waals surface area contributed by atoms with Crippen molar-refractivity contribution in [1.29, 1.82) is 5.26 Å². The number of carbonyl (C=O) groups is 1. The smallest absolute Gasteiger partial charge is 0.254 e. The highest BCUT2D eigenvalue weighted by molar-refractivity contribution is 5.94. The maximum absolute atomic E-state index is 13.5. The van der Waals surface area contributed by atoms with E-state index in [4.69, 9.17) is 9.68 Å². The third kappa shape index (κ3) is 2.55. The number of halogens is 1. The lowest BCUT2D eigenvalue weighted by molar-refractivity contribution is 0.0944. The van der Waals surface area contributed by atoms with Gasteiger partial charge in [0, 0.05) is 0 Å². The Balaban J connectivity index is 2.07. The van der Waals surface area contributed by atoms with Crippen molar-refractivity contribution in [3.05, 3.63) is 59.3 Å². The molecule has 0 aliphatic carbocycles. The van der Waals surface area contributed by atoms with Gasteiger partial charge in [-0.25, -0.2) is 4.39 Å². The monoisotopic (exact) mass is 244 g/mol. The molecule has 1 heterocycles. The van der Waals surface area contributed by atoms with Crippen LogP contribution in [0.25, 0.3) is 0 Å². The van der Waals surface area contributed by atoms with Crippen LogP contribution in [-0.4, -0.2) is 5.91 Å². The van der Waals surface area contributed by atoms with Gasteiger partial charge in [-0.2, -0.15) is 5.26 Å². The van der Waals surface area contributed by atoms with Gasteiger partial charge in [0.15, 0.2) is 0 Å². The molecule has 0 saturated heterocycles. The molecule has 2 aromatic rings. The highest BCUT2D eigenvalue weighted by Crippen LogP contribution is 2.10. The van der Waals surface area contributed by atoms with Crippen molar-refractivity contribution >= 4 is 5.91 Å². The first-order valence-electron chi connectivity index (χ1n) is 5.21. The summed E-state index contributed by atoms with van der Waals surface area (Å²) in [7, 11) is 0. The molecule has 0 radical (unpaired) electrons. The minimum atomic E-state index is -0.717. The molecule has 90 valence electrons. The average molecular weight is 244 g/mol. The molecule has 1 amide bonds. The lowest BCUT2D eigenvalue weighted by Gasteiger charge is -2.04. The number of amides is 1. The minimum Gasteiger partial charge on any atom is -0.467 e. The quantitative estimate of drug-likeness (QED) is 0.900. The topological polar surface area (TPSA) is 66.0 Å². The third-order valence-electron chi connectivity index (χ3n) is 2.35. The summed E-state index contributed by atoms with van der Waals surface area (Å²) in [6, 6.07) is 8.91. The van der Waals surface area contributed by atoms with E-state index in [1.165, 1.54) is 18.4 Å². The molecule has 0 saturated carbocycles. The first-order valence-corrected chi connectivity index (χ1v) is 5.21. The summed E-state index contributed by atoms with van der Waals surface area (Å²) in [4.78, 5) is 11.7. The second kappa shape index (κ2) is 5.15. The van der Waals surface area contributed by atoms with Gasteiger partial charge in [0.25, 0.3) is 5.91 Å². The Kier molecular flexibility index (Phi) is 3.39. The van der Waals surface area contributed by atoms with Crippen LogP contribution in [0.2, 0.25) is 0 Å². The van der Waals surface area contributed by atoms with Crippen molar-refractivity contribution in [3.8, 4) is 6.07 Å². The summed E-state index contributed by atoms with van der Waals surface area (Å²) < 4.78 is 18.6. The van der Waals surface area contributed by atoms with E-state index in [0.717, 1.165) is 6.07 Å². The van der Waals surface area contributed by atoms with Crippen LogP contribution < -0.4 is 5.32 Å². The van der Waals surface area contributed by atoms with Crippen LogP contribution in [0.5, 0.6) is 0 Å². The molecule has 0 spiro atoms. The lowest BCUT2D eigenvalue weighted by atomic mass is 10.1. The van der Waals surface area contributed by atoms with E-state index in [0.29, 0.717) is 5.76 Å². The predicted molar refractivity (Wildman–Crippen MR) is 61.0 cm³/mol. The number of furan rings is 1. The Morgan fingerprint density at radius 2 is 2.28 bits per heavy atom. The Hall–Kier alpha value is -2.61. The maximum atomic E-state index is 13.5. The van der Waals surface area contributed by atoms with E-state index in [9.17, 15) is 9.18 Å². The van der Waals surface area contributed by atoms with Crippen LogP contribution in [0.15, 0.2) is 41.0 Å². The third-order valence-corrected chi connectivity index (χ3v) is 2.35. The molecule has 18 heavy (non-hydrogen) atoms. The van der Waals surface area contributed by atoms with Gasteiger partial charge in [-0.05, 0) is 30.3 Å². The Morgan fingerprint density at radius 1 is 1.44 bits per heavy atom. The number of carbonyl (C=O) groups excluding carboxylic acids is 1. The SMILES string of the molecule is N#Cc1ccc(C(=O)NCc2ccco2)c(F)c1. The first-order chi connectivity index (χ1) is 8.70. The second-order valence-electron chi connectivity index (χ2n) is 3.57. The highest BCUT2D eigenvalue weighted by Gasteiger charge is 2.12. The molecule has 0 aliphatic rings. The summed E-state index contributed by atoms with van der Waals surface area (Å²) in [6.07, 6.45) is 1.49. The van der Waals surface area contributed by atoms with Gasteiger partial charge in [0.1, 0.15) is 11.6 Å². The molecular weight excluding hydrogens is 235 g/mol. The van der Waals surface area contributed by atoms with E-state index in [-0.39, 0.29) is 17.7 Å². The van der Waals surface area contributed by atoms with Gasteiger partial charge in [0.05, 0.1) is 30.0 Å². The second-order valence-corrected chi connectivity index (χ2v) is 3.57. The van der Waals surface area contributed by atoms with Crippen molar-refractivity contribution < 1.29 is 13.6 Å². The van der Waals surface area contributed by atoms with Gasteiger partial charge < -0.3 is 9.73 Å². The molecule has 0 unspecified atom stereocenters. The fraction of sp³-hybridized carbons (Fsp3) is 0.0769. The number of hydrogen-bond acceptors (Lipinski definition) is 3. The lowest BCUT2D eigenvalue weighted by Crippen LogP contribution is -2.23. The standard InChI is InChI=1S/C13H9FN2O2/c14-12-6-9(7-15)3-4-11(12)13(17)16-8-10-2-1-5-18-10/h1-6H,8H2,(H,16,17). The van der Waals surface area contributed by atoms with Crippen molar-refractivity contribution in [2.24, 2.45) is 0 Å². The molecule has 4 nitrogen and oxygen atoms in total. The first kappa shape index (κ1) is 11.9. The zero-order valence-corrected chi connectivity index (χ0v) is 9.31. The molecule has 1 aromatic carbocycles. The zero-order chi connectivity index (χ0) is 13.0. The van der Waals surface area contributed by atoms with Crippen molar-refractivity contribution in [2.75, 3.05) is 0 Å². The van der Waals surface area contributed by atoms with Gasteiger partial charge in [-0.15, -0.1) is 0 Å². The fourth-order valence-electron chi connectivity index (χ4n) is 1.44. The minimum absolute atomic E-state index is 0.0967. The number of hydrogen-bond donors (Lipinski definition) is 1. The number of nitrogens with one attached hydrogen (secondary N) is 1. The predicted octanol–water partition coefficient (Wildman–Crippen LogP) is 2.22. The van der Waals surface area contributed by atoms with Gasteiger partial charge >= 0.3 is 0 Å².